The Kier molecular flexibility index (Phi) is 4.44. The van der Waals surface area contributed by atoms with E-state index in [2.05, 4.69) is 5.32 Å². The van der Waals surface area contributed by atoms with Gasteiger partial charge in [-0.15, -0.1) is 0 Å². The summed E-state index contributed by atoms with van der Waals surface area (Å²) in [6.45, 7) is 3.69. The normalized spacial score (nSPS) is 16.5. The van der Waals surface area contributed by atoms with Gasteiger partial charge in [-0.3, -0.25) is 0 Å². The summed E-state index contributed by atoms with van der Waals surface area (Å²) in [4.78, 5) is 0. The number of alkyl halides is 3. The minimum absolute atomic E-state index is 0.197. The van der Waals surface area contributed by atoms with Crippen LogP contribution in [-0.4, -0.2) is 13.1 Å². The SMILES string of the molecule is Cc1ccc(-c2cc(C3CCNCC3)cc(C(F)(F)F)c2)cc1. The van der Waals surface area contributed by atoms with Gasteiger partial charge in [-0.05, 0) is 67.6 Å². The fourth-order valence-electron chi connectivity index (χ4n) is 3.12. The van der Waals surface area contributed by atoms with Crippen LogP contribution in [0.2, 0.25) is 0 Å². The lowest BCUT2D eigenvalue weighted by Crippen LogP contribution is -2.26. The smallest absolute Gasteiger partial charge is 0.317 e. The molecule has 3 rings (SSSR count). The molecule has 122 valence electrons. The lowest BCUT2D eigenvalue weighted by molar-refractivity contribution is -0.137. The molecule has 0 bridgehead atoms. The quantitative estimate of drug-likeness (QED) is 0.807. The van der Waals surface area contributed by atoms with Gasteiger partial charge in [-0.1, -0.05) is 35.9 Å². The molecule has 23 heavy (non-hydrogen) atoms. The first-order valence-electron chi connectivity index (χ1n) is 7.93. The van der Waals surface area contributed by atoms with E-state index in [9.17, 15) is 13.2 Å². The molecule has 2 aromatic carbocycles. The fourth-order valence-corrected chi connectivity index (χ4v) is 3.12. The van der Waals surface area contributed by atoms with Gasteiger partial charge in [0.2, 0.25) is 0 Å². The Morgan fingerprint density at radius 2 is 1.57 bits per heavy atom. The number of benzene rings is 2. The number of rotatable bonds is 2. The van der Waals surface area contributed by atoms with Crippen molar-refractivity contribution < 1.29 is 13.2 Å². The lowest BCUT2D eigenvalue weighted by Gasteiger charge is -2.24. The highest BCUT2D eigenvalue weighted by atomic mass is 19.4. The minimum atomic E-state index is -4.32. The van der Waals surface area contributed by atoms with Crippen LogP contribution in [0.3, 0.4) is 0 Å². The fraction of sp³-hybridized carbons (Fsp3) is 0.368. The second kappa shape index (κ2) is 6.36. The van der Waals surface area contributed by atoms with Crippen molar-refractivity contribution in [3.63, 3.8) is 0 Å². The third-order valence-electron chi connectivity index (χ3n) is 4.48. The maximum Gasteiger partial charge on any atom is 0.416 e. The number of piperidine rings is 1. The average molecular weight is 319 g/mol. The van der Waals surface area contributed by atoms with Gasteiger partial charge in [0.05, 0.1) is 5.56 Å². The maximum atomic E-state index is 13.3. The van der Waals surface area contributed by atoms with Crippen LogP contribution in [0.5, 0.6) is 0 Å². The largest absolute Gasteiger partial charge is 0.416 e. The summed E-state index contributed by atoms with van der Waals surface area (Å²) in [6.07, 6.45) is -2.55. The first kappa shape index (κ1) is 16.1. The molecule has 0 aromatic heterocycles. The highest BCUT2D eigenvalue weighted by Crippen LogP contribution is 2.37. The van der Waals surface area contributed by atoms with Crippen LogP contribution in [-0.2, 0) is 6.18 Å². The van der Waals surface area contributed by atoms with Gasteiger partial charge in [0.25, 0.3) is 0 Å². The molecule has 0 aliphatic carbocycles. The average Bonchev–Trinajstić information content (AvgIpc) is 2.55. The number of aryl methyl sites for hydroxylation is 1. The van der Waals surface area contributed by atoms with Gasteiger partial charge in [-0.2, -0.15) is 13.2 Å². The number of halogens is 3. The van der Waals surface area contributed by atoms with Crippen LogP contribution in [0.1, 0.15) is 35.4 Å². The third-order valence-corrected chi connectivity index (χ3v) is 4.48. The molecule has 0 amide bonds. The Balaban J connectivity index is 2.05. The maximum absolute atomic E-state index is 13.3. The standard InChI is InChI=1S/C19H20F3N/c1-13-2-4-14(5-3-13)16-10-17(15-6-8-23-9-7-15)12-18(11-16)19(20,21)22/h2-5,10-12,15,23H,6-9H2,1H3. The number of nitrogens with one attached hydrogen (secondary N) is 1. The van der Waals surface area contributed by atoms with Crippen LogP contribution in [0.4, 0.5) is 13.2 Å². The predicted octanol–water partition coefficient (Wildman–Crippen LogP) is 5.15. The summed E-state index contributed by atoms with van der Waals surface area (Å²) < 4.78 is 39.8. The van der Waals surface area contributed by atoms with Gasteiger partial charge in [0.1, 0.15) is 0 Å². The highest BCUT2D eigenvalue weighted by molar-refractivity contribution is 5.66. The van der Waals surface area contributed by atoms with E-state index in [-0.39, 0.29) is 5.92 Å². The van der Waals surface area contributed by atoms with Crippen molar-refractivity contribution in [3.8, 4) is 11.1 Å². The Morgan fingerprint density at radius 1 is 0.913 bits per heavy atom. The summed E-state index contributed by atoms with van der Waals surface area (Å²) in [5, 5.41) is 3.26. The first-order valence-corrected chi connectivity index (χ1v) is 7.93. The summed E-state index contributed by atoms with van der Waals surface area (Å²) >= 11 is 0. The first-order chi connectivity index (χ1) is 10.9. The molecule has 0 spiro atoms. The van der Waals surface area contributed by atoms with Crippen molar-refractivity contribution in [2.24, 2.45) is 0 Å². The van der Waals surface area contributed by atoms with E-state index in [1.165, 1.54) is 12.1 Å². The van der Waals surface area contributed by atoms with Crippen LogP contribution >= 0.6 is 0 Å². The van der Waals surface area contributed by atoms with Crippen molar-refractivity contribution in [3.05, 3.63) is 59.2 Å². The third kappa shape index (κ3) is 3.75. The molecule has 1 N–H and O–H groups in total. The zero-order valence-electron chi connectivity index (χ0n) is 13.1. The summed E-state index contributed by atoms with van der Waals surface area (Å²) in [6, 6.07) is 12.1. The molecule has 0 unspecified atom stereocenters. The molecule has 0 atom stereocenters. The molecule has 4 heteroatoms. The van der Waals surface area contributed by atoms with Crippen molar-refractivity contribution in [1.29, 1.82) is 0 Å². The molecule has 1 aliphatic heterocycles. The molecule has 2 aromatic rings. The zero-order valence-corrected chi connectivity index (χ0v) is 13.1. The number of hydrogen-bond donors (Lipinski definition) is 1. The van der Waals surface area contributed by atoms with Gasteiger partial charge in [0.15, 0.2) is 0 Å². The van der Waals surface area contributed by atoms with Gasteiger partial charge in [-0.25, -0.2) is 0 Å². The topological polar surface area (TPSA) is 12.0 Å². The Bertz CT molecular complexity index is 668. The Hall–Kier alpha value is -1.81. The molecule has 1 heterocycles. The predicted molar refractivity (Wildman–Crippen MR) is 86.5 cm³/mol. The van der Waals surface area contributed by atoms with Gasteiger partial charge >= 0.3 is 6.18 Å². The molecule has 1 nitrogen and oxygen atoms in total. The van der Waals surface area contributed by atoms with Crippen LogP contribution < -0.4 is 5.32 Å². The molecular weight excluding hydrogens is 299 g/mol. The van der Waals surface area contributed by atoms with E-state index >= 15 is 0 Å². The van der Waals surface area contributed by atoms with Crippen molar-refractivity contribution >= 4 is 0 Å². The summed E-state index contributed by atoms with van der Waals surface area (Å²) in [7, 11) is 0. The highest BCUT2D eigenvalue weighted by Gasteiger charge is 2.32. The van der Waals surface area contributed by atoms with Crippen LogP contribution in [0.25, 0.3) is 11.1 Å². The summed E-state index contributed by atoms with van der Waals surface area (Å²) in [5.74, 6) is 0.197. The second-order valence-corrected chi connectivity index (χ2v) is 6.23. The number of hydrogen-bond acceptors (Lipinski definition) is 1. The molecule has 0 saturated carbocycles. The van der Waals surface area contributed by atoms with E-state index in [4.69, 9.17) is 0 Å². The molecule has 1 saturated heterocycles. The minimum Gasteiger partial charge on any atom is -0.317 e. The van der Waals surface area contributed by atoms with Crippen molar-refractivity contribution in [2.75, 3.05) is 13.1 Å². The molecule has 1 aliphatic rings. The van der Waals surface area contributed by atoms with Crippen molar-refractivity contribution in [1.82, 2.24) is 5.32 Å². The Morgan fingerprint density at radius 3 is 2.17 bits per heavy atom. The van der Waals surface area contributed by atoms with Crippen molar-refractivity contribution in [2.45, 2.75) is 31.9 Å². The molecule has 0 radical (unpaired) electrons. The lowest BCUT2D eigenvalue weighted by atomic mass is 9.87. The Labute approximate surface area is 134 Å². The molecular formula is C19H20F3N. The van der Waals surface area contributed by atoms with Crippen LogP contribution in [0, 0.1) is 6.92 Å². The second-order valence-electron chi connectivity index (χ2n) is 6.23. The van der Waals surface area contributed by atoms with E-state index in [1.807, 2.05) is 37.3 Å². The van der Waals surface area contributed by atoms with Gasteiger partial charge in [0, 0.05) is 0 Å². The van der Waals surface area contributed by atoms with E-state index in [1.54, 1.807) is 0 Å². The molecule has 1 fully saturated rings. The van der Waals surface area contributed by atoms with Gasteiger partial charge < -0.3 is 5.32 Å². The van der Waals surface area contributed by atoms with E-state index in [0.717, 1.165) is 42.6 Å². The van der Waals surface area contributed by atoms with E-state index in [0.29, 0.717) is 5.56 Å². The monoisotopic (exact) mass is 319 g/mol. The zero-order chi connectivity index (χ0) is 16.4. The summed E-state index contributed by atoms with van der Waals surface area (Å²) in [5.41, 5.74) is 2.82. The van der Waals surface area contributed by atoms with Crippen LogP contribution in [0.15, 0.2) is 42.5 Å². The van der Waals surface area contributed by atoms with E-state index < -0.39 is 11.7 Å².